The zero-order valence-electron chi connectivity index (χ0n) is 34.8. The highest BCUT2D eigenvalue weighted by Gasteiger charge is 2.59. The largest absolute Gasteiger partial charge is 0.309 e. The maximum Gasteiger partial charge on any atom is 0.0720 e. The van der Waals surface area contributed by atoms with Gasteiger partial charge in [0.25, 0.3) is 0 Å². The Bertz CT molecular complexity index is 3880. The SMILES string of the molecule is c1ccc(-n2c3ccccc3c3cc(-n4c5ccccc5c5ccc6c(c54)-c4ccccc4C64c5ccccc5C5(c6ccccc6-c6ccccc65)c5ccccc54)ccc32)cc1. The van der Waals surface area contributed by atoms with Gasteiger partial charge in [0.2, 0.25) is 0 Å². The van der Waals surface area contributed by atoms with E-state index in [2.05, 4.69) is 240 Å². The lowest BCUT2D eigenvalue weighted by atomic mass is 9.52. The number of para-hydroxylation sites is 3. The fourth-order valence-corrected chi connectivity index (χ4v) is 13.0. The first-order chi connectivity index (χ1) is 31.8. The van der Waals surface area contributed by atoms with Gasteiger partial charge in [0.05, 0.1) is 32.9 Å². The lowest BCUT2D eigenvalue weighted by Gasteiger charge is -2.48. The molecular formula is C62H38N2. The van der Waals surface area contributed by atoms with E-state index < -0.39 is 10.8 Å². The van der Waals surface area contributed by atoms with E-state index in [1.807, 2.05) is 0 Å². The molecule has 2 aromatic heterocycles. The third-order valence-electron chi connectivity index (χ3n) is 15.2. The van der Waals surface area contributed by atoms with Gasteiger partial charge in [-0.3, -0.25) is 0 Å². The Morgan fingerprint density at radius 3 is 1.30 bits per heavy atom. The highest BCUT2D eigenvalue weighted by Crippen LogP contribution is 2.68. The van der Waals surface area contributed by atoms with Gasteiger partial charge in [-0.15, -0.1) is 0 Å². The van der Waals surface area contributed by atoms with Crippen LogP contribution in [0.2, 0.25) is 0 Å². The molecule has 0 atom stereocenters. The first-order valence-corrected chi connectivity index (χ1v) is 22.4. The van der Waals surface area contributed by atoms with Crippen LogP contribution in [-0.2, 0) is 10.8 Å². The van der Waals surface area contributed by atoms with Crippen molar-refractivity contribution < 1.29 is 0 Å². The van der Waals surface area contributed by atoms with Crippen LogP contribution in [0.3, 0.4) is 0 Å². The molecule has 0 N–H and O–H groups in total. The number of hydrogen-bond acceptors (Lipinski definition) is 0. The van der Waals surface area contributed by atoms with Crippen molar-refractivity contribution in [1.29, 1.82) is 0 Å². The van der Waals surface area contributed by atoms with Gasteiger partial charge >= 0.3 is 0 Å². The highest BCUT2D eigenvalue weighted by atomic mass is 15.0. The van der Waals surface area contributed by atoms with Crippen LogP contribution >= 0.6 is 0 Å². The van der Waals surface area contributed by atoms with Crippen LogP contribution in [0.1, 0.15) is 44.5 Å². The first-order valence-electron chi connectivity index (χ1n) is 22.4. The molecule has 0 bridgehead atoms. The molecule has 0 unspecified atom stereocenters. The lowest BCUT2D eigenvalue weighted by Crippen LogP contribution is -2.43. The molecule has 2 heteroatoms. The van der Waals surface area contributed by atoms with Gasteiger partial charge in [0.15, 0.2) is 0 Å². The van der Waals surface area contributed by atoms with E-state index in [0.29, 0.717) is 0 Å². The second-order valence-corrected chi connectivity index (χ2v) is 17.9. The highest BCUT2D eigenvalue weighted by molar-refractivity contribution is 6.17. The Morgan fingerprint density at radius 1 is 0.250 bits per heavy atom. The molecule has 12 aromatic rings. The van der Waals surface area contributed by atoms with E-state index in [-0.39, 0.29) is 0 Å². The minimum atomic E-state index is -0.570. The zero-order chi connectivity index (χ0) is 41.7. The summed E-state index contributed by atoms with van der Waals surface area (Å²) in [5.41, 5.74) is 22.2. The van der Waals surface area contributed by atoms with Crippen molar-refractivity contribution in [3.8, 4) is 33.6 Å². The normalized spacial score (nSPS) is 14.5. The second kappa shape index (κ2) is 12.2. The molecule has 0 amide bonds. The molecule has 0 aliphatic heterocycles. The maximum atomic E-state index is 2.57. The maximum absolute atomic E-state index is 2.57. The summed E-state index contributed by atoms with van der Waals surface area (Å²) in [6.07, 6.45) is 0. The number of hydrogen-bond donors (Lipinski definition) is 0. The summed E-state index contributed by atoms with van der Waals surface area (Å²) < 4.78 is 4.98. The van der Waals surface area contributed by atoms with Crippen LogP contribution in [0.15, 0.2) is 231 Å². The van der Waals surface area contributed by atoms with Crippen LogP contribution in [0.4, 0.5) is 0 Å². The molecule has 2 heterocycles. The van der Waals surface area contributed by atoms with Crippen molar-refractivity contribution in [2.75, 3.05) is 0 Å². The van der Waals surface area contributed by atoms with Gasteiger partial charge in [-0.05, 0) is 104 Å². The van der Waals surface area contributed by atoms with E-state index in [1.54, 1.807) is 0 Å². The van der Waals surface area contributed by atoms with Gasteiger partial charge < -0.3 is 9.13 Å². The van der Waals surface area contributed by atoms with Gasteiger partial charge in [0.1, 0.15) is 0 Å². The van der Waals surface area contributed by atoms with Gasteiger partial charge in [-0.2, -0.15) is 0 Å². The predicted molar refractivity (Wildman–Crippen MR) is 263 cm³/mol. The Labute approximate surface area is 370 Å². The topological polar surface area (TPSA) is 9.86 Å². The molecule has 3 aliphatic rings. The lowest BCUT2D eigenvalue weighted by molar-refractivity contribution is 0.633. The first kappa shape index (κ1) is 34.4. The zero-order valence-corrected chi connectivity index (χ0v) is 34.8. The van der Waals surface area contributed by atoms with Gasteiger partial charge in [-0.1, -0.05) is 188 Å². The van der Waals surface area contributed by atoms with Crippen LogP contribution in [0, 0.1) is 0 Å². The average molecular weight is 811 g/mol. The summed E-state index contributed by atoms with van der Waals surface area (Å²) in [6.45, 7) is 0. The molecule has 0 saturated carbocycles. The number of rotatable bonds is 2. The summed E-state index contributed by atoms with van der Waals surface area (Å²) >= 11 is 0. The van der Waals surface area contributed by atoms with Crippen molar-refractivity contribution in [1.82, 2.24) is 9.13 Å². The quantitative estimate of drug-likeness (QED) is 0.165. The third-order valence-corrected chi connectivity index (χ3v) is 15.2. The Hall–Kier alpha value is -8.20. The molecule has 3 aliphatic carbocycles. The smallest absolute Gasteiger partial charge is 0.0720 e. The minimum absolute atomic E-state index is 0.476. The molecule has 0 fully saturated rings. The standard InChI is InChI=1S/C62H38N2/c1-2-18-39(19-3-1)63-56-32-16-8-23-44(56)47-38-40(34-37-58(47)63)64-57-33-17-7-22-43(57)45-35-36-55-59(60(45)64)46-24-6-11-27-50(46)62(55)53-30-14-12-28-51(53)61(52-29-13-15-31-54(52)62)48-25-9-4-20-41(48)42-21-5-10-26-49(42)61/h1-38H. The van der Waals surface area contributed by atoms with Gasteiger partial charge in [-0.25, -0.2) is 0 Å². The fourth-order valence-electron chi connectivity index (χ4n) is 13.0. The Balaban J connectivity index is 1.08. The third kappa shape index (κ3) is 3.95. The van der Waals surface area contributed by atoms with Crippen molar-refractivity contribution in [2.45, 2.75) is 10.8 Å². The number of nitrogens with zero attached hydrogens (tertiary/aromatic N) is 2. The van der Waals surface area contributed by atoms with E-state index in [1.165, 1.54) is 110 Å². The van der Waals surface area contributed by atoms with Gasteiger partial charge in [0, 0.05) is 38.5 Å². The number of aromatic nitrogens is 2. The summed E-state index contributed by atoms with van der Waals surface area (Å²) in [6, 6.07) is 87.0. The van der Waals surface area contributed by atoms with Crippen molar-refractivity contribution in [3.63, 3.8) is 0 Å². The number of fused-ring (bicyclic) bond motifs is 23. The molecule has 10 aromatic carbocycles. The van der Waals surface area contributed by atoms with Crippen LogP contribution < -0.4 is 0 Å². The van der Waals surface area contributed by atoms with Crippen molar-refractivity contribution in [2.24, 2.45) is 0 Å². The summed E-state index contributed by atoms with van der Waals surface area (Å²) in [7, 11) is 0. The van der Waals surface area contributed by atoms with Crippen molar-refractivity contribution in [3.05, 3.63) is 275 Å². The summed E-state index contributed by atoms with van der Waals surface area (Å²) in [5.74, 6) is 0. The molecule has 15 rings (SSSR count). The van der Waals surface area contributed by atoms with E-state index in [9.17, 15) is 0 Å². The van der Waals surface area contributed by atoms with Crippen LogP contribution in [0.25, 0.3) is 77.2 Å². The molecular weight excluding hydrogens is 773 g/mol. The summed E-state index contributed by atoms with van der Waals surface area (Å²) in [5, 5.41) is 5.01. The molecule has 2 spiro atoms. The predicted octanol–water partition coefficient (Wildman–Crippen LogP) is 14.9. The molecule has 0 saturated heterocycles. The summed E-state index contributed by atoms with van der Waals surface area (Å²) in [4.78, 5) is 0. The second-order valence-electron chi connectivity index (χ2n) is 17.9. The minimum Gasteiger partial charge on any atom is -0.309 e. The van der Waals surface area contributed by atoms with Crippen LogP contribution in [-0.4, -0.2) is 9.13 Å². The number of benzene rings is 10. The monoisotopic (exact) mass is 810 g/mol. The van der Waals surface area contributed by atoms with E-state index >= 15 is 0 Å². The van der Waals surface area contributed by atoms with E-state index in [0.717, 1.165) is 11.4 Å². The van der Waals surface area contributed by atoms with Crippen LogP contribution in [0.5, 0.6) is 0 Å². The Morgan fingerprint density at radius 2 is 0.688 bits per heavy atom. The molecule has 64 heavy (non-hydrogen) atoms. The Kier molecular flexibility index (Phi) is 6.58. The fraction of sp³-hybridized carbons (Fsp3) is 0.0323. The average Bonchev–Trinajstić information content (AvgIpc) is 4.07. The molecule has 2 nitrogen and oxygen atoms in total. The van der Waals surface area contributed by atoms with E-state index in [4.69, 9.17) is 0 Å². The van der Waals surface area contributed by atoms with Crippen molar-refractivity contribution >= 4 is 43.6 Å². The molecule has 296 valence electrons. The molecule has 0 radical (unpaired) electrons.